The van der Waals surface area contributed by atoms with Crippen molar-refractivity contribution in [1.29, 1.82) is 0 Å². The number of para-hydroxylation sites is 1. The number of amides is 1. The fraction of sp³-hybridized carbons (Fsp3) is 0.364. The van der Waals surface area contributed by atoms with Gasteiger partial charge in [0.25, 0.3) is 0 Å². The van der Waals surface area contributed by atoms with Crippen LogP contribution in [0.15, 0.2) is 42.5 Å². The first kappa shape index (κ1) is 20.4. The van der Waals surface area contributed by atoms with Crippen molar-refractivity contribution in [3.63, 3.8) is 0 Å². The van der Waals surface area contributed by atoms with Crippen molar-refractivity contribution in [2.75, 3.05) is 25.6 Å². The number of carbonyl (C=O) groups excluding carboxylic acids is 1. The normalized spacial score (nSPS) is 24.4. The summed E-state index contributed by atoms with van der Waals surface area (Å²) in [6.07, 6.45) is 0. The molecule has 2 aliphatic heterocycles. The molecule has 2 bridgehead atoms. The first-order chi connectivity index (χ1) is 14.3. The summed E-state index contributed by atoms with van der Waals surface area (Å²) in [7, 11) is 3.43. The second-order valence-corrected chi connectivity index (χ2v) is 8.10. The zero-order chi connectivity index (χ0) is 21.6. The average molecular weight is 430 g/mol. The quantitative estimate of drug-likeness (QED) is 0.752. The van der Waals surface area contributed by atoms with Crippen LogP contribution in [0.1, 0.15) is 25.5 Å². The summed E-state index contributed by atoms with van der Waals surface area (Å²) >= 11 is 5.67. The van der Waals surface area contributed by atoms with E-state index in [0.29, 0.717) is 28.9 Å². The maximum Gasteiger partial charge on any atom is 0.233 e. The Morgan fingerprint density at radius 2 is 2.00 bits per heavy atom. The van der Waals surface area contributed by atoms with E-state index in [1.165, 1.54) is 12.1 Å². The van der Waals surface area contributed by atoms with Crippen molar-refractivity contribution in [3.05, 3.63) is 53.8 Å². The molecule has 0 unspecified atom stereocenters. The molecule has 2 heterocycles. The lowest BCUT2D eigenvalue weighted by Gasteiger charge is -2.56. The largest absolute Gasteiger partial charge is 0.490 e. The van der Waals surface area contributed by atoms with Gasteiger partial charge in [-0.2, -0.15) is 0 Å². The fourth-order valence-electron chi connectivity index (χ4n) is 4.27. The summed E-state index contributed by atoms with van der Waals surface area (Å²) in [4.78, 5) is 16.6. The van der Waals surface area contributed by atoms with Crippen LogP contribution in [-0.2, 0) is 4.79 Å². The molecule has 6 nitrogen and oxygen atoms in total. The maximum atomic E-state index is 13.6. The van der Waals surface area contributed by atoms with Gasteiger partial charge < -0.3 is 19.7 Å². The van der Waals surface area contributed by atoms with E-state index in [-0.39, 0.29) is 11.7 Å². The number of hydrogen-bond donors (Lipinski definition) is 1. The molecule has 3 atom stereocenters. The van der Waals surface area contributed by atoms with Gasteiger partial charge in [0.15, 0.2) is 22.3 Å². The number of anilines is 1. The minimum absolute atomic E-state index is 0.0999. The molecule has 0 radical (unpaired) electrons. The highest BCUT2D eigenvalue weighted by molar-refractivity contribution is 7.80. The molecule has 1 N–H and O–H groups in total. The number of benzene rings is 2. The third kappa shape index (κ3) is 3.06. The van der Waals surface area contributed by atoms with Crippen LogP contribution in [0.3, 0.4) is 0 Å². The molecule has 4 rings (SSSR count). The minimum atomic E-state index is -1.15. The van der Waals surface area contributed by atoms with Crippen LogP contribution in [0.5, 0.6) is 11.5 Å². The van der Waals surface area contributed by atoms with Gasteiger partial charge in [-0.15, -0.1) is 0 Å². The Kier molecular flexibility index (Phi) is 5.05. The number of ether oxygens (including phenoxy) is 2. The molecule has 0 spiro atoms. The van der Waals surface area contributed by atoms with Crippen LogP contribution in [0.25, 0.3) is 0 Å². The van der Waals surface area contributed by atoms with Crippen LogP contribution in [0, 0.1) is 11.7 Å². The predicted molar refractivity (Wildman–Crippen MR) is 116 cm³/mol. The zero-order valence-corrected chi connectivity index (χ0v) is 18.1. The first-order valence-corrected chi connectivity index (χ1v) is 10.2. The molecular weight excluding hydrogens is 405 g/mol. The number of nitrogens with one attached hydrogen (secondary N) is 1. The highest BCUT2D eigenvalue weighted by atomic mass is 32.1. The van der Waals surface area contributed by atoms with E-state index in [2.05, 4.69) is 5.32 Å². The van der Waals surface area contributed by atoms with Crippen molar-refractivity contribution >= 4 is 28.9 Å². The standard InChI is InChI=1S/C22H24FN3O3S/c1-5-28-16-8-6-7-15-18-17(20(27)25(3)4)22(2,29-19(15)16)26(21(30)24-18)14-11-9-13(23)10-12-14/h6-12,17-18H,5H2,1-4H3,(H,24,30)/t17-,18+,22+/m1/s1. The predicted octanol–water partition coefficient (Wildman–Crippen LogP) is 3.47. The van der Waals surface area contributed by atoms with Crippen LogP contribution >= 0.6 is 12.2 Å². The van der Waals surface area contributed by atoms with Gasteiger partial charge in [0.05, 0.1) is 12.6 Å². The van der Waals surface area contributed by atoms with E-state index in [9.17, 15) is 9.18 Å². The summed E-state index contributed by atoms with van der Waals surface area (Å²) in [6, 6.07) is 11.2. The van der Waals surface area contributed by atoms with Gasteiger partial charge in [-0.1, -0.05) is 12.1 Å². The minimum Gasteiger partial charge on any atom is -0.490 e. The van der Waals surface area contributed by atoms with E-state index in [4.69, 9.17) is 21.7 Å². The number of halogens is 1. The Hall–Kier alpha value is -2.87. The Bertz CT molecular complexity index is 998. The summed E-state index contributed by atoms with van der Waals surface area (Å²) in [5.74, 6) is 0.130. The number of thiocarbonyl (C=S) groups is 1. The SMILES string of the molecule is CCOc1cccc2c1O[C@@]1(C)[C@@H](C(=O)N(C)C)[C@H]2NC(=S)N1c1ccc(F)cc1. The van der Waals surface area contributed by atoms with Crippen molar-refractivity contribution in [2.45, 2.75) is 25.6 Å². The fourth-order valence-corrected chi connectivity index (χ4v) is 4.69. The molecule has 1 fully saturated rings. The zero-order valence-electron chi connectivity index (χ0n) is 17.3. The smallest absolute Gasteiger partial charge is 0.233 e. The van der Waals surface area contributed by atoms with Crippen LogP contribution in [0.4, 0.5) is 10.1 Å². The van der Waals surface area contributed by atoms with Gasteiger partial charge in [-0.05, 0) is 56.4 Å². The Morgan fingerprint density at radius 3 is 2.63 bits per heavy atom. The van der Waals surface area contributed by atoms with Crippen molar-refractivity contribution in [2.24, 2.45) is 5.92 Å². The third-order valence-corrected chi connectivity index (χ3v) is 5.88. The lowest BCUT2D eigenvalue weighted by Crippen LogP contribution is -2.72. The average Bonchev–Trinajstić information content (AvgIpc) is 2.69. The number of nitrogens with zero attached hydrogens (tertiary/aromatic N) is 2. The van der Waals surface area contributed by atoms with Gasteiger partial charge in [-0.25, -0.2) is 4.39 Å². The maximum absolute atomic E-state index is 13.6. The summed E-state index contributed by atoms with van der Waals surface area (Å²) in [5.41, 5.74) is 0.301. The van der Waals surface area contributed by atoms with Crippen LogP contribution in [-0.4, -0.2) is 42.3 Å². The van der Waals surface area contributed by atoms with Crippen molar-refractivity contribution in [3.8, 4) is 11.5 Å². The molecule has 2 aromatic carbocycles. The van der Waals surface area contributed by atoms with Crippen molar-refractivity contribution in [1.82, 2.24) is 10.2 Å². The van der Waals surface area contributed by atoms with Crippen LogP contribution < -0.4 is 19.7 Å². The molecule has 158 valence electrons. The number of hydrogen-bond acceptors (Lipinski definition) is 4. The number of carbonyl (C=O) groups is 1. The molecule has 2 aliphatic rings. The molecule has 1 amide bonds. The van der Waals surface area contributed by atoms with Gasteiger partial charge in [-0.3, -0.25) is 9.69 Å². The topological polar surface area (TPSA) is 54.0 Å². The Labute approximate surface area is 180 Å². The number of rotatable bonds is 4. The molecule has 0 saturated carbocycles. The van der Waals surface area contributed by atoms with Gasteiger partial charge >= 0.3 is 0 Å². The van der Waals surface area contributed by atoms with Gasteiger partial charge in [0, 0.05) is 25.3 Å². The second-order valence-electron chi connectivity index (χ2n) is 7.71. The lowest BCUT2D eigenvalue weighted by molar-refractivity contribution is -0.144. The van der Waals surface area contributed by atoms with E-state index >= 15 is 0 Å². The van der Waals surface area contributed by atoms with E-state index in [1.807, 2.05) is 32.0 Å². The van der Waals surface area contributed by atoms with Crippen molar-refractivity contribution < 1.29 is 18.7 Å². The number of fused-ring (bicyclic) bond motifs is 4. The summed E-state index contributed by atoms with van der Waals surface area (Å²) in [5, 5.41) is 3.73. The van der Waals surface area contributed by atoms with E-state index in [0.717, 1.165) is 5.56 Å². The molecule has 30 heavy (non-hydrogen) atoms. The molecule has 0 aromatic heterocycles. The first-order valence-electron chi connectivity index (χ1n) is 9.80. The Balaban J connectivity index is 1.92. The summed E-state index contributed by atoms with van der Waals surface area (Å²) in [6.45, 7) is 4.23. The van der Waals surface area contributed by atoms with E-state index in [1.54, 1.807) is 36.0 Å². The highest BCUT2D eigenvalue weighted by Crippen LogP contribution is 2.52. The molecule has 8 heteroatoms. The van der Waals surface area contributed by atoms with Gasteiger partial charge in [0.1, 0.15) is 11.7 Å². The van der Waals surface area contributed by atoms with Gasteiger partial charge in [0.2, 0.25) is 5.91 Å². The van der Waals surface area contributed by atoms with E-state index < -0.39 is 17.7 Å². The Morgan fingerprint density at radius 1 is 1.30 bits per heavy atom. The lowest BCUT2D eigenvalue weighted by atomic mass is 9.78. The highest BCUT2D eigenvalue weighted by Gasteiger charge is 2.59. The summed E-state index contributed by atoms with van der Waals surface area (Å²) < 4.78 is 25.9. The molecule has 0 aliphatic carbocycles. The van der Waals surface area contributed by atoms with Crippen LogP contribution in [0.2, 0.25) is 0 Å². The molecule has 1 saturated heterocycles. The molecule has 2 aromatic rings. The monoisotopic (exact) mass is 429 g/mol. The molecular formula is C22H24FN3O3S. The third-order valence-electron chi connectivity index (χ3n) is 5.58. The second kappa shape index (κ2) is 7.43.